The van der Waals surface area contributed by atoms with Gasteiger partial charge in [-0.1, -0.05) is 13.8 Å². The normalized spacial score (nSPS) is 26.6. The molecule has 1 fully saturated rings. The Hall–Kier alpha value is -0.0400. The van der Waals surface area contributed by atoms with E-state index in [9.17, 15) is 0 Å². The third-order valence-corrected chi connectivity index (χ3v) is 3.66. The fourth-order valence-corrected chi connectivity index (χ4v) is 2.46. The molecule has 0 saturated carbocycles. The van der Waals surface area contributed by atoms with Crippen molar-refractivity contribution in [3.8, 4) is 0 Å². The van der Waals surface area contributed by atoms with Gasteiger partial charge in [0.05, 0.1) is 0 Å². The van der Waals surface area contributed by atoms with Crippen LogP contribution in [-0.4, -0.2) is 23.5 Å². The van der Waals surface area contributed by atoms with Gasteiger partial charge in [-0.25, -0.2) is 0 Å². The minimum atomic E-state index is 0.367. The summed E-state index contributed by atoms with van der Waals surface area (Å²) in [5.41, 5.74) is 0.367. The summed E-state index contributed by atoms with van der Waals surface area (Å²) in [7, 11) is 0. The first-order valence-electron chi connectivity index (χ1n) is 6.16. The Balaban J connectivity index is 2.49. The van der Waals surface area contributed by atoms with Crippen molar-refractivity contribution in [3.05, 3.63) is 0 Å². The maximum absolute atomic E-state index is 2.65. The number of rotatable bonds is 1. The van der Waals surface area contributed by atoms with Gasteiger partial charge in [-0.15, -0.1) is 0 Å². The molecule has 14 heavy (non-hydrogen) atoms. The predicted molar refractivity (Wildman–Crippen MR) is 63.5 cm³/mol. The van der Waals surface area contributed by atoms with Crippen molar-refractivity contribution in [2.75, 3.05) is 13.1 Å². The fourth-order valence-electron chi connectivity index (χ4n) is 2.46. The number of likely N-dealkylation sites (tertiary alicyclic amines) is 1. The van der Waals surface area contributed by atoms with E-state index in [-0.39, 0.29) is 0 Å². The van der Waals surface area contributed by atoms with Gasteiger partial charge in [0.2, 0.25) is 0 Å². The van der Waals surface area contributed by atoms with Crippen molar-refractivity contribution in [1.82, 2.24) is 4.90 Å². The monoisotopic (exact) mass is 197 g/mol. The quantitative estimate of drug-likeness (QED) is 0.621. The average molecular weight is 197 g/mol. The molecule has 1 aliphatic heterocycles. The Morgan fingerprint density at radius 3 is 2.21 bits per heavy atom. The van der Waals surface area contributed by atoms with Gasteiger partial charge in [-0.3, -0.25) is 4.90 Å². The van der Waals surface area contributed by atoms with Crippen LogP contribution in [-0.2, 0) is 0 Å². The molecule has 0 aromatic carbocycles. The Morgan fingerprint density at radius 2 is 1.71 bits per heavy atom. The van der Waals surface area contributed by atoms with Gasteiger partial charge in [-0.2, -0.15) is 0 Å². The summed E-state index contributed by atoms with van der Waals surface area (Å²) in [5.74, 6) is 1.83. The summed E-state index contributed by atoms with van der Waals surface area (Å²) >= 11 is 0. The molecule has 0 spiro atoms. The maximum Gasteiger partial charge on any atom is 0.0125 e. The molecule has 1 aliphatic rings. The van der Waals surface area contributed by atoms with Crippen molar-refractivity contribution in [1.29, 1.82) is 0 Å². The topological polar surface area (TPSA) is 3.24 Å². The van der Waals surface area contributed by atoms with Crippen LogP contribution in [0.3, 0.4) is 0 Å². The Bertz CT molecular complexity index is 167. The standard InChI is InChI=1S/C13H27N/c1-11(2)12-7-6-9-14(10-8-12)13(3,4)5/h11-12H,6-10H2,1-5H3. The van der Waals surface area contributed by atoms with E-state index in [0.29, 0.717) is 5.54 Å². The predicted octanol–water partition coefficient (Wildman–Crippen LogP) is 3.54. The number of nitrogens with zero attached hydrogens (tertiary/aromatic N) is 1. The highest BCUT2D eigenvalue weighted by molar-refractivity contribution is 4.80. The molecule has 1 atom stereocenters. The van der Waals surface area contributed by atoms with Gasteiger partial charge >= 0.3 is 0 Å². The van der Waals surface area contributed by atoms with Gasteiger partial charge in [0.15, 0.2) is 0 Å². The summed E-state index contributed by atoms with van der Waals surface area (Å²) in [5, 5.41) is 0. The molecule has 0 aliphatic carbocycles. The summed E-state index contributed by atoms with van der Waals surface area (Å²) in [6.45, 7) is 14.3. The molecule has 0 aromatic heterocycles. The van der Waals surface area contributed by atoms with Crippen LogP contribution < -0.4 is 0 Å². The molecule has 1 saturated heterocycles. The third-order valence-electron chi connectivity index (χ3n) is 3.66. The Morgan fingerprint density at radius 1 is 1.07 bits per heavy atom. The van der Waals surface area contributed by atoms with Crippen LogP contribution in [0.25, 0.3) is 0 Å². The first kappa shape index (κ1) is 12.0. The smallest absolute Gasteiger partial charge is 0.0125 e. The van der Waals surface area contributed by atoms with Crippen LogP contribution in [0, 0.1) is 11.8 Å². The lowest BCUT2D eigenvalue weighted by Gasteiger charge is -2.34. The Kier molecular flexibility index (Phi) is 4.00. The molecule has 0 bridgehead atoms. The minimum Gasteiger partial charge on any atom is -0.298 e. The molecular formula is C13H27N. The first-order chi connectivity index (χ1) is 6.41. The first-order valence-corrected chi connectivity index (χ1v) is 6.16. The summed E-state index contributed by atoms with van der Waals surface area (Å²) in [6.07, 6.45) is 4.22. The number of hydrogen-bond donors (Lipinski definition) is 0. The van der Waals surface area contributed by atoms with E-state index >= 15 is 0 Å². The van der Waals surface area contributed by atoms with Gasteiger partial charge in [0.25, 0.3) is 0 Å². The lowest BCUT2D eigenvalue weighted by molar-refractivity contribution is 0.139. The van der Waals surface area contributed by atoms with Crippen LogP contribution in [0.5, 0.6) is 0 Å². The highest BCUT2D eigenvalue weighted by atomic mass is 15.2. The minimum absolute atomic E-state index is 0.367. The van der Waals surface area contributed by atoms with Crippen LogP contribution >= 0.6 is 0 Å². The van der Waals surface area contributed by atoms with Gasteiger partial charge in [-0.05, 0) is 65.0 Å². The largest absolute Gasteiger partial charge is 0.298 e. The zero-order valence-electron chi connectivity index (χ0n) is 10.6. The second-order valence-corrected chi connectivity index (χ2v) is 6.09. The second kappa shape index (κ2) is 4.65. The molecule has 1 heterocycles. The van der Waals surface area contributed by atoms with E-state index in [0.717, 1.165) is 11.8 Å². The molecule has 1 heteroatoms. The Labute approximate surface area is 89.9 Å². The number of hydrogen-bond acceptors (Lipinski definition) is 1. The molecule has 1 rings (SSSR count). The van der Waals surface area contributed by atoms with Crippen molar-refractivity contribution in [2.24, 2.45) is 11.8 Å². The summed E-state index contributed by atoms with van der Waals surface area (Å²) < 4.78 is 0. The third kappa shape index (κ3) is 3.27. The SMILES string of the molecule is CC(C)C1CCCN(C(C)(C)C)CC1. The molecule has 0 amide bonds. The van der Waals surface area contributed by atoms with Gasteiger partial charge < -0.3 is 0 Å². The van der Waals surface area contributed by atoms with Crippen LogP contribution in [0.4, 0.5) is 0 Å². The molecule has 0 N–H and O–H groups in total. The van der Waals surface area contributed by atoms with Crippen LogP contribution in [0.1, 0.15) is 53.9 Å². The summed E-state index contributed by atoms with van der Waals surface area (Å²) in [6, 6.07) is 0. The van der Waals surface area contributed by atoms with Crippen molar-refractivity contribution in [3.63, 3.8) is 0 Å². The lowest BCUT2D eigenvalue weighted by Crippen LogP contribution is -2.41. The molecule has 84 valence electrons. The van der Waals surface area contributed by atoms with Crippen LogP contribution in [0.15, 0.2) is 0 Å². The van der Waals surface area contributed by atoms with Gasteiger partial charge in [0, 0.05) is 5.54 Å². The molecular weight excluding hydrogens is 170 g/mol. The zero-order chi connectivity index (χ0) is 10.8. The molecule has 1 unspecified atom stereocenters. The highest BCUT2D eigenvalue weighted by Gasteiger charge is 2.25. The zero-order valence-corrected chi connectivity index (χ0v) is 10.6. The van der Waals surface area contributed by atoms with E-state index in [1.807, 2.05) is 0 Å². The fraction of sp³-hybridized carbons (Fsp3) is 1.00. The molecule has 0 radical (unpaired) electrons. The second-order valence-electron chi connectivity index (χ2n) is 6.09. The van der Waals surface area contributed by atoms with E-state index in [1.54, 1.807) is 0 Å². The maximum atomic E-state index is 2.65. The van der Waals surface area contributed by atoms with Crippen LogP contribution in [0.2, 0.25) is 0 Å². The van der Waals surface area contributed by atoms with E-state index in [2.05, 4.69) is 39.5 Å². The molecule has 0 aromatic rings. The van der Waals surface area contributed by atoms with Gasteiger partial charge in [0.1, 0.15) is 0 Å². The lowest BCUT2D eigenvalue weighted by atomic mass is 9.89. The highest BCUT2D eigenvalue weighted by Crippen LogP contribution is 2.27. The van der Waals surface area contributed by atoms with Crippen molar-refractivity contribution >= 4 is 0 Å². The van der Waals surface area contributed by atoms with Crippen molar-refractivity contribution < 1.29 is 0 Å². The van der Waals surface area contributed by atoms with E-state index < -0.39 is 0 Å². The average Bonchev–Trinajstić information content (AvgIpc) is 2.26. The molecule has 1 nitrogen and oxygen atoms in total. The van der Waals surface area contributed by atoms with E-state index in [4.69, 9.17) is 0 Å². The summed E-state index contributed by atoms with van der Waals surface area (Å²) in [4.78, 5) is 2.65. The van der Waals surface area contributed by atoms with Crippen molar-refractivity contribution in [2.45, 2.75) is 59.4 Å². The van der Waals surface area contributed by atoms with E-state index in [1.165, 1.54) is 32.4 Å².